The molecule has 2 aliphatic rings. The monoisotopic (exact) mass is 401 g/mol. The van der Waals surface area contributed by atoms with Crippen molar-refractivity contribution in [1.29, 1.82) is 0 Å². The molecule has 148 valence electrons. The number of aromatic nitrogens is 2. The van der Waals surface area contributed by atoms with Gasteiger partial charge >= 0.3 is 6.18 Å². The second-order valence-corrected chi connectivity index (χ2v) is 8.22. The van der Waals surface area contributed by atoms with E-state index < -0.39 is 16.7 Å². The molecule has 0 amide bonds. The molecule has 5 nitrogen and oxygen atoms in total. The molecule has 0 radical (unpaired) electrons. The molecule has 1 N–H and O–H groups in total. The van der Waals surface area contributed by atoms with Crippen LogP contribution < -0.4 is 0 Å². The van der Waals surface area contributed by atoms with Crippen molar-refractivity contribution in [2.45, 2.75) is 44.1 Å². The van der Waals surface area contributed by atoms with Crippen molar-refractivity contribution in [3.63, 3.8) is 0 Å². The number of likely N-dealkylation sites (tertiary alicyclic amines) is 1. The maximum atomic E-state index is 13.1. The predicted octanol–water partition coefficient (Wildman–Crippen LogP) is 3.02. The van der Waals surface area contributed by atoms with Gasteiger partial charge in [0.05, 0.1) is 26.0 Å². The summed E-state index contributed by atoms with van der Waals surface area (Å²) in [5, 5.41) is 13.2. The Kier molecular flexibility index (Phi) is 5.04. The molecule has 0 bridgehead atoms. The van der Waals surface area contributed by atoms with Crippen LogP contribution in [0.3, 0.4) is 0 Å². The SMILES string of the molecule is OCCn1cc(CN2CCC3(CC2)OCCc2cc(C(F)(F)F)sc23)cn1. The lowest BCUT2D eigenvalue weighted by atomic mass is 9.85. The zero-order valence-corrected chi connectivity index (χ0v) is 15.7. The van der Waals surface area contributed by atoms with E-state index in [0.717, 1.165) is 47.0 Å². The molecule has 4 rings (SSSR count). The molecule has 9 heteroatoms. The zero-order chi connectivity index (χ0) is 19.1. The largest absolute Gasteiger partial charge is 0.425 e. The number of halogens is 3. The Hall–Kier alpha value is -1.42. The minimum absolute atomic E-state index is 0.0494. The predicted molar refractivity (Wildman–Crippen MR) is 94.5 cm³/mol. The van der Waals surface area contributed by atoms with Gasteiger partial charge in [0, 0.05) is 36.3 Å². The van der Waals surface area contributed by atoms with Gasteiger partial charge in [-0.15, -0.1) is 11.3 Å². The van der Waals surface area contributed by atoms with Crippen LogP contribution >= 0.6 is 11.3 Å². The fourth-order valence-electron chi connectivity index (χ4n) is 3.98. The average Bonchev–Trinajstić information content (AvgIpc) is 3.25. The number of nitrogens with zero attached hydrogens (tertiary/aromatic N) is 3. The van der Waals surface area contributed by atoms with Gasteiger partial charge in [-0.3, -0.25) is 9.58 Å². The van der Waals surface area contributed by atoms with E-state index >= 15 is 0 Å². The van der Waals surface area contributed by atoms with Crippen LogP contribution in [0.25, 0.3) is 0 Å². The van der Waals surface area contributed by atoms with Gasteiger partial charge < -0.3 is 9.84 Å². The molecule has 1 fully saturated rings. The standard InChI is InChI=1S/C18H22F3N3O2S/c19-18(20,21)15-9-14-1-8-26-17(16(14)27-15)2-4-23(5-3-17)11-13-10-22-24(12-13)6-7-25/h9-10,12,25H,1-8,11H2. The van der Waals surface area contributed by atoms with Crippen LogP contribution in [0.2, 0.25) is 0 Å². The van der Waals surface area contributed by atoms with Crippen LogP contribution in [0.5, 0.6) is 0 Å². The van der Waals surface area contributed by atoms with Crippen LogP contribution in [0.1, 0.15) is 33.7 Å². The van der Waals surface area contributed by atoms with Crippen molar-refractivity contribution in [3.05, 3.63) is 39.3 Å². The van der Waals surface area contributed by atoms with Crippen molar-refractivity contribution < 1.29 is 23.0 Å². The number of hydrogen-bond donors (Lipinski definition) is 1. The topological polar surface area (TPSA) is 50.5 Å². The zero-order valence-electron chi connectivity index (χ0n) is 14.8. The average molecular weight is 401 g/mol. The van der Waals surface area contributed by atoms with E-state index in [1.807, 2.05) is 6.20 Å². The lowest BCUT2D eigenvalue weighted by Gasteiger charge is -2.43. The van der Waals surface area contributed by atoms with Gasteiger partial charge in [0.15, 0.2) is 0 Å². The van der Waals surface area contributed by atoms with Gasteiger partial charge in [-0.1, -0.05) is 0 Å². The molecule has 2 aromatic rings. The highest BCUT2D eigenvalue weighted by Gasteiger charge is 2.44. The molecule has 0 aromatic carbocycles. The number of fused-ring (bicyclic) bond motifs is 2. The molecule has 1 saturated heterocycles. The smallest absolute Gasteiger partial charge is 0.394 e. The quantitative estimate of drug-likeness (QED) is 0.856. The van der Waals surface area contributed by atoms with Crippen molar-refractivity contribution >= 4 is 11.3 Å². The van der Waals surface area contributed by atoms with E-state index in [1.54, 1.807) is 10.9 Å². The first-order valence-corrected chi connectivity index (χ1v) is 9.90. The first kappa shape index (κ1) is 18.9. The third-order valence-electron chi connectivity index (χ3n) is 5.34. The van der Waals surface area contributed by atoms with Gasteiger partial charge in [-0.2, -0.15) is 18.3 Å². The number of aliphatic hydroxyl groups excluding tert-OH is 1. The summed E-state index contributed by atoms with van der Waals surface area (Å²) in [5.74, 6) is 0. The van der Waals surface area contributed by atoms with Crippen molar-refractivity contribution in [2.24, 2.45) is 0 Å². The molecular formula is C18H22F3N3O2S. The summed E-state index contributed by atoms with van der Waals surface area (Å²) in [7, 11) is 0. The van der Waals surface area contributed by atoms with Crippen molar-refractivity contribution in [1.82, 2.24) is 14.7 Å². The Balaban J connectivity index is 1.45. The van der Waals surface area contributed by atoms with E-state index in [2.05, 4.69) is 10.00 Å². The van der Waals surface area contributed by atoms with Gasteiger partial charge in [0.2, 0.25) is 0 Å². The molecule has 4 heterocycles. The molecule has 27 heavy (non-hydrogen) atoms. The van der Waals surface area contributed by atoms with E-state index in [-0.39, 0.29) is 6.61 Å². The normalized spacial score (nSPS) is 20.1. The molecule has 0 unspecified atom stereocenters. The number of ether oxygens (including phenoxy) is 1. The Morgan fingerprint density at radius 3 is 2.78 bits per heavy atom. The van der Waals surface area contributed by atoms with Gasteiger partial charge in [0.1, 0.15) is 10.5 Å². The summed E-state index contributed by atoms with van der Waals surface area (Å²) in [6.45, 7) is 3.28. The number of hydrogen-bond acceptors (Lipinski definition) is 5. The molecule has 1 spiro atoms. The van der Waals surface area contributed by atoms with Crippen LogP contribution in [0.4, 0.5) is 13.2 Å². The number of alkyl halides is 3. The Labute approximate surface area is 159 Å². The number of piperidine rings is 1. The second-order valence-electron chi connectivity index (χ2n) is 7.17. The fourth-order valence-corrected chi connectivity index (χ4v) is 5.25. The van der Waals surface area contributed by atoms with E-state index in [0.29, 0.717) is 32.4 Å². The maximum Gasteiger partial charge on any atom is 0.425 e. The first-order chi connectivity index (χ1) is 12.9. The lowest BCUT2D eigenvalue weighted by molar-refractivity contribution is -0.134. The summed E-state index contributed by atoms with van der Waals surface area (Å²) < 4.78 is 47.2. The van der Waals surface area contributed by atoms with Crippen LogP contribution in [-0.4, -0.2) is 46.1 Å². The van der Waals surface area contributed by atoms with Crippen LogP contribution in [0.15, 0.2) is 18.5 Å². The number of thiophene rings is 1. The first-order valence-electron chi connectivity index (χ1n) is 9.08. The fraction of sp³-hybridized carbons (Fsp3) is 0.611. The highest BCUT2D eigenvalue weighted by molar-refractivity contribution is 7.12. The van der Waals surface area contributed by atoms with E-state index in [4.69, 9.17) is 9.84 Å². The number of rotatable bonds is 4. The van der Waals surface area contributed by atoms with E-state index in [9.17, 15) is 13.2 Å². The summed E-state index contributed by atoms with van der Waals surface area (Å²) >= 11 is 0.856. The Bertz CT molecular complexity index is 794. The molecule has 0 saturated carbocycles. The van der Waals surface area contributed by atoms with Crippen LogP contribution in [-0.2, 0) is 36.0 Å². The van der Waals surface area contributed by atoms with Crippen molar-refractivity contribution in [3.8, 4) is 0 Å². The van der Waals surface area contributed by atoms with Crippen molar-refractivity contribution in [2.75, 3.05) is 26.3 Å². The summed E-state index contributed by atoms with van der Waals surface area (Å²) in [6, 6.07) is 1.31. The summed E-state index contributed by atoms with van der Waals surface area (Å²) in [5.41, 5.74) is 1.30. The maximum absolute atomic E-state index is 13.1. The number of aliphatic hydroxyl groups is 1. The second kappa shape index (κ2) is 7.20. The molecule has 0 aliphatic carbocycles. The summed E-state index contributed by atoms with van der Waals surface area (Å²) in [6.07, 6.45) is 1.37. The molecule has 2 aromatic heterocycles. The highest BCUT2D eigenvalue weighted by atomic mass is 32.1. The Morgan fingerprint density at radius 1 is 1.30 bits per heavy atom. The minimum atomic E-state index is -4.29. The minimum Gasteiger partial charge on any atom is -0.394 e. The molecule has 0 atom stereocenters. The molecular weight excluding hydrogens is 379 g/mol. The molecule has 2 aliphatic heterocycles. The van der Waals surface area contributed by atoms with Gasteiger partial charge in [0.25, 0.3) is 0 Å². The Morgan fingerprint density at radius 2 is 2.07 bits per heavy atom. The van der Waals surface area contributed by atoms with E-state index in [1.165, 1.54) is 6.07 Å². The highest BCUT2D eigenvalue weighted by Crippen LogP contribution is 2.48. The third kappa shape index (κ3) is 3.78. The summed E-state index contributed by atoms with van der Waals surface area (Å²) in [4.78, 5) is 2.54. The van der Waals surface area contributed by atoms with Gasteiger partial charge in [-0.25, -0.2) is 0 Å². The lowest BCUT2D eigenvalue weighted by Crippen LogP contribution is -2.45. The van der Waals surface area contributed by atoms with Gasteiger partial charge in [-0.05, 0) is 30.9 Å². The third-order valence-corrected chi connectivity index (χ3v) is 6.75. The van der Waals surface area contributed by atoms with Crippen LogP contribution in [0, 0.1) is 0 Å².